The van der Waals surface area contributed by atoms with Gasteiger partial charge in [0.25, 0.3) is 0 Å². The summed E-state index contributed by atoms with van der Waals surface area (Å²) in [5.41, 5.74) is 3.38. The molecule has 22 heavy (non-hydrogen) atoms. The molecule has 1 aromatic carbocycles. The molecule has 0 bridgehead atoms. The first-order chi connectivity index (χ1) is 10.6. The molecule has 0 fully saturated rings. The Morgan fingerprint density at radius 3 is 2.77 bits per heavy atom. The zero-order chi connectivity index (χ0) is 15.5. The van der Waals surface area contributed by atoms with Crippen molar-refractivity contribution in [3.63, 3.8) is 0 Å². The van der Waals surface area contributed by atoms with Gasteiger partial charge in [-0.05, 0) is 48.7 Å². The molecule has 0 amide bonds. The summed E-state index contributed by atoms with van der Waals surface area (Å²) in [6.45, 7) is 2.94. The maximum Gasteiger partial charge on any atom is 0.158 e. The van der Waals surface area contributed by atoms with Crippen molar-refractivity contribution in [2.75, 3.05) is 0 Å². The van der Waals surface area contributed by atoms with Crippen molar-refractivity contribution in [1.82, 2.24) is 14.5 Å². The van der Waals surface area contributed by atoms with Crippen molar-refractivity contribution in [2.24, 2.45) is 0 Å². The predicted molar refractivity (Wildman–Crippen MR) is 93.1 cm³/mol. The molecule has 2 heterocycles. The van der Waals surface area contributed by atoms with Crippen LogP contribution in [0.5, 0.6) is 0 Å². The normalized spacial score (nSPS) is 10.9. The van der Waals surface area contributed by atoms with Gasteiger partial charge in [-0.15, -0.1) is 0 Å². The summed E-state index contributed by atoms with van der Waals surface area (Å²) in [6, 6.07) is 9.92. The summed E-state index contributed by atoms with van der Waals surface area (Å²) in [7, 11) is 0. The molecule has 5 heteroatoms. The molecular weight excluding hydrogens is 362 g/mol. The van der Waals surface area contributed by atoms with E-state index in [4.69, 9.17) is 11.6 Å². The van der Waals surface area contributed by atoms with Gasteiger partial charge in [-0.2, -0.15) is 0 Å². The van der Waals surface area contributed by atoms with Gasteiger partial charge >= 0.3 is 0 Å². The van der Waals surface area contributed by atoms with Gasteiger partial charge in [0, 0.05) is 34.6 Å². The molecule has 0 atom stereocenters. The molecule has 0 saturated carbocycles. The number of benzene rings is 1. The van der Waals surface area contributed by atoms with E-state index in [1.54, 1.807) is 6.20 Å². The van der Waals surface area contributed by atoms with E-state index in [-0.39, 0.29) is 0 Å². The number of imidazole rings is 1. The molecule has 0 N–H and O–H groups in total. The second-order valence-corrected chi connectivity index (χ2v) is 6.48. The Morgan fingerprint density at radius 2 is 2.00 bits per heavy atom. The summed E-state index contributed by atoms with van der Waals surface area (Å²) < 4.78 is 3.13. The minimum atomic E-state index is 0.780. The fourth-order valence-corrected chi connectivity index (χ4v) is 2.99. The Balaban J connectivity index is 1.81. The molecule has 0 radical (unpaired) electrons. The van der Waals surface area contributed by atoms with Crippen LogP contribution in [0.4, 0.5) is 0 Å². The largest absolute Gasteiger partial charge is 0.329 e. The van der Waals surface area contributed by atoms with E-state index in [2.05, 4.69) is 43.5 Å². The molecule has 3 aromatic rings. The SMILES string of the molecule is Cc1cc(Cl)ccc1CCn1ccnc1-c1cc(Br)ccn1. The van der Waals surface area contributed by atoms with E-state index in [0.29, 0.717) is 0 Å². The lowest BCUT2D eigenvalue weighted by atomic mass is 10.1. The number of hydrogen-bond acceptors (Lipinski definition) is 2. The maximum atomic E-state index is 6.01. The number of nitrogens with zero attached hydrogens (tertiary/aromatic N) is 3. The molecule has 0 unspecified atom stereocenters. The van der Waals surface area contributed by atoms with Crippen LogP contribution >= 0.6 is 27.5 Å². The highest BCUT2D eigenvalue weighted by Crippen LogP contribution is 2.20. The first-order valence-corrected chi connectivity index (χ1v) is 8.18. The highest BCUT2D eigenvalue weighted by molar-refractivity contribution is 9.10. The van der Waals surface area contributed by atoms with Crippen LogP contribution in [-0.4, -0.2) is 14.5 Å². The van der Waals surface area contributed by atoms with Crippen molar-refractivity contribution in [1.29, 1.82) is 0 Å². The van der Waals surface area contributed by atoms with E-state index >= 15 is 0 Å². The molecule has 0 aliphatic heterocycles. The van der Waals surface area contributed by atoms with Crippen LogP contribution in [0.2, 0.25) is 5.02 Å². The van der Waals surface area contributed by atoms with Crippen molar-refractivity contribution >= 4 is 27.5 Å². The van der Waals surface area contributed by atoms with Crippen molar-refractivity contribution in [3.05, 3.63) is 69.5 Å². The van der Waals surface area contributed by atoms with Gasteiger partial charge < -0.3 is 4.57 Å². The molecule has 2 aromatic heterocycles. The lowest BCUT2D eigenvalue weighted by molar-refractivity contribution is 0.699. The number of hydrogen-bond donors (Lipinski definition) is 0. The highest BCUT2D eigenvalue weighted by atomic mass is 79.9. The monoisotopic (exact) mass is 375 g/mol. The van der Waals surface area contributed by atoms with Crippen LogP contribution in [0.1, 0.15) is 11.1 Å². The van der Waals surface area contributed by atoms with Crippen LogP contribution < -0.4 is 0 Å². The second kappa shape index (κ2) is 6.63. The maximum absolute atomic E-state index is 6.01. The molecule has 0 spiro atoms. The Bertz CT molecular complexity index is 798. The molecule has 0 aliphatic carbocycles. The minimum Gasteiger partial charge on any atom is -0.329 e. The number of pyridine rings is 1. The molecule has 112 valence electrons. The highest BCUT2D eigenvalue weighted by Gasteiger charge is 2.08. The third-order valence-electron chi connectivity index (χ3n) is 3.59. The lowest BCUT2D eigenvalue weighted by Gasteiger charge is -2.10. The molecule has 0 aliphatic rings. The fourth-order valence-electron chi connectivity index (χ4n) is 2.43. The van der Waals surface area contributed by atoms with Crippen LogP contribution in [-0.2, 0) is 13.0 Å². The van der Waals surface area contributed by atoms with Gasteiger partial charge in [0.05, 0.1) is 0 Å². The second-order valence-electron chi connectivity index (χ2n) is 5.12. The summed E-state index contributed by atoms with van der Waals surface area (Å²) in [6.07, 6.45) is 6.51. The average Bonchev–Trinajstić information content (AvgIpc) is 2.95. The van der Waals surface area contributed by atoms with Gasteiger partial charge in [0.1, 0.15) is 5.69 Å². The number of rotatable bonds is 4. The zero-order valence-corrected chi connectivity index (χ0v) is 14.5. The van der Waals surface area contributed by atoms with E-state index in [1.807, 2.05) is 36.7 Å². The summed E-state index contributed by atoms with van der Waals surface area (Å²) in [5.74, 6) is 0.882. The van der Waals surface area contributed by atoms with Gasteiger partial charge in [-0.25, -0.2) is 4.98 Å². The van der Waals surface area contributed by atoms with E-state index in [9.17, 15) is 0 Å². The fraction of sp³-hybridized carbons (Fsp3) is 0.176. The Labute approximate surface area is 143 Å². The molecule has 0 saturated heterocycles. The van der Waals surface area contributed by atoms with Crippen LogP contribution in [0.25, 0.3) is 11.5 Å². The lowest BCUT2D eigenvalue weighted by Crippen LogP contribution is -2.04. The van der Waals surface area contributed by atoms with Gasteiger partial charge in [-0.3, -0.25) is 4.98 Å². The van der Waals surface area contributed by atoms with Crippen molar-refractivity contribution in [2.45, 2.75) is 19.9 Å². The first kappa shape index (κ1) is 15.3. The molecule has 3 nitrogen and oxygen atoms in total. The summed E-state index contributed by atoms with van der Waals surface area (Å²) in [4.78, 5) is 8.83. The number of aromatic nitrogens is 3. The third-order valence-corrected chi connectivity index (χ3v) is 4.32. The Hall–Kier alpha value is -1.65. The zero-order valence-electron chi connectivity index (χ0n) is 12.1. The first-order valence-electron chi connectivity index (χ1n) is 7.01. The van der Waals surface area contributed by atoms with Gasteiger partial charge in [0.15, 0.2) is 5.82 Å². The van der Waals surface area contributed by atoms with Gasteiger partial charge in [-0.1, -0.05) is 33.6 Å². The Morgan fingerprint density at radius 1 is 1.14 bits per heavy atom. The van der Waals surface area contributed by atoms with Crippen LogP contribution in [0, 0.1) is 6.92 Å². The minimum absolute atomic E-state index is 0.780. The summed E-state index contributed by atoms with van der Waals surface area (Å²) >= 11 is 9.48. The molecular formula is C17H15BrClN3. The predicted octanol–water partition coefficient (Wildman–Crippen LogP) is 4.91. The van der Waals surface area contributed by atoms with Crippen LogP contribution in [0.15, 0.2) is 53.4 Å². The summed E-state index contributed by atoms with van der Waals surface area (Å²) in [5, 5.41) is 0.780. The van der Waals surface area contributed by atoms with Crippen molar-refractivity contribution < 1.29 is 0 Å². The Kier molecular flexibility index (Phi) is 4.60. The average molecular weight is 377 g/mol. The smallest absolute Gasteiger partial charge is 0.158 e. The quantitative estimate of drug-likeness (QED) is 0.647. The van der Waals surface area contributed by atoms with Crippen LogP contribution in [0.3, 0.4) is 0 Å². The van der Waals surface area contributed by atoms with E-state index in [0.717, 1.165) is 34.0 Å². The number of aryl methyl sites for hydroxylation is 3. The molecule has 3 rings (SSSR count). The standard InChI is InChI=1S/C17H15BrClN3/c1-12-10-15(19)3-2-13(12)5-8-22-9-7-21-17(22)16-11-14(18)4-6-20-16/h2-4,6-7,9-11H,5,8H2,1H3. The third kappa shape index (κ3) is 3.39. The topological polar surface area (TPSA) is 30.7 Å². The number of halogens is 2. The van der Waals surface area contributed by atoms with E-state index < -0.39 is 0 Å². The van der Waals surface area contributed by atoms with Gasteiger partial charge in [0.2, 0.25) is 0 Å². The van der Waals surface area contributed by atoms with E-state index in [1.165, 1.54) is 11.1 Å². The van der Waals surface area contributed by atoms with Crippen molar-refractivity contribution in [3.8, 4) is 11.5 Å².